The first-order chi connectivity index (χ1) is 6.00. The third-order valence-corrected chi connectivity index (χ3v) is 2.35. The van der Waals surface area contributed by atoms with E-state index >= 15 is 0 Å². The molecule has 0 amide bonds. The van der Waals surface area contributed by atoms with Gasteiger partial charge in [-0.2, -0.15) is 0 Å². The molecule has 13 heavy (non-hydrogen) atoms. The van der Waals surface area contributed by atoms with Crippen LogP contribution in [-0.4, -0.2) is 0 Å². The van der Waals surface area contributed by atoms with Gasteiger partial charge >= 0.3 is 0 Å². The molecule has 0 nitrogen and oxygen atoms in total. The van der Waals surface area contributed by atoms with Crippen molar-refractivity contribution in [2.24, 2.45) is 0 Å². The molecule has 0 atom stereocenters. The van der Waals surface area contributed by atoms with Gasteiger partial charge in [-0.1, -0.05) is 10.8 Å². The molecule has 0 aliphatic carbocycles. The Morgan fingerprint density at radius 2 is 1.00 bits per heavy atom. The first-order valence-corrected chi connectivity index (χ1v) is 4.70. The number of thiol groups is 1. The second kappa shape index (κ2) is 3.75. The van der Waals surface area contributed by atoms with Gasteiger partial charge < -0.3 is 0 Å². The van der Waals surface area contributed by atoms with E-state index in [2.05, 4.69) is 11.7 Å². The Morgan fingerprint density at radius 3 is 1.31 bits per heavy atom. The van der Waals surface area contributed by atoms with Crippen LogP contribution < -0.4 is 0 Å². The number of hydrogen-bond donors (Lipinski definition) is 1. The number of benzene rings is 1. The molecule has 7 heteroatoms. The molecule has 72 valence electrons. The largest absolute Gasteiger partial charge is 0.202 e. The molecule has 0 aliphatic rings. The molecular weight excluding hydrogens is 231 g/mol. The fourth-order valence-corrected chi connectivity index (χ4v) is 1.49. The van der Waals surface area contributed by atoms with E-state index in [-0.39, 0.29) is 10.8 Å². The van der Waals surface area contributed by atoms with Gasteiger partial charge in [0.25, 0.3) is 0 Å². The SMILES string of the molecule is Fc1c(F)c(F)c(SS)c(F)c1F. The van der Waals surface area contributed by atoms with Gasteiger partial charge in [-0.05, 0) is 0 Å². The van der Waals surface area contributed by atoms with E-state index in [4.69, 9.17) is 0 Å². The van der Waals surface area contributed by atoms with Crippen molar-refractivity contribution in [3.63, 3.8) is 0 Å². The summed E-state index contributed by atoms with van der Waals surface area (Å²) in [6.45, 7) is 0. The molecule has 0 unspecified atom stereocenters. The molecule has 0 radical (unpaired) electrons. The summed E-state index contributed by atoms with van der Waals surface area (Å²) in [6.07, 6.45) is 0. The van der Waals surface area contributed by atoms with Gasteiger partial charge in [-0.15, -0.1) is 11.7 Å². The van der Waals surface area contributed by atoms with Crippen LogP contribution in [0.15, 0.2) is 4.90 Å². The van der Waals surface area contributed by atoms with Crippen LogP contribution in [0.25, 0.3) is 0 Å². The highest BCUT2D eigenvalue weighted by Gasteiger charge is 2.25. The minimum absolute atomic E-state index is 0.157. The Kier molecular flexibility index (Phi) is 3.07. The van der Waals surface area contributed by atoms with E-state index in [1.807, 2.05) is 0 Å². The van der Waals surface area contributed by atoms with Crippen molar-refractivity contribution >= 4 is 22.5 Å². The van der Waals surface area contributed by atoms with Crippen molar-refractivity contribution in [3.05, 3.63) is 29.1 Å². The summed E-state index contributed by atoms with van der Waals surface area (Å²) in [5.74, 6) is -9.82. The van der Waals surface area contributed by atoms with Crippen molar-refractivity contribution in [3.8, 4) is 0 Å². The average Bonchev–Trinajstić information content (AvgIpc) is 2.13. The Hall–Kier alpha value is -0.430. The minimum atomic E-state index is -2.17. The quantitative estimate of drug-likeness (QED) is 0.255. The smallest absolute Gasteiger partial charge is 0.200 e. The van der Waals surface area contributed by atoms with Gasteiger partial charge in [0.2, 0.25) is 5.82 Å². The first-order valence-electron chi connectivity index (χ1n) is 2.83. The van der Waals surface area contributed by atoms with Gasteiger partial charge in [0.1, 0.15) is 0 Å². The fourth-order valence-electron chi connectivity index (χ4n) is 0.665. The van der Waals surface area contributed by atoms with Crippen LogP contribution in [-0.2, 0) is 0 Å². The van der Waals surface area contributed by atoms with Crippen molar-refractivity contribution < 1.29 is 22.0 Å². The normalized spacial score (nSPS) is 10.6. The molecule has 0 bridgehead atoms. The minimum Gasteiger partial charge on any atom is -0.202 e. The summed E-state index contributed by atoms with van der Waals surface area (Å²) in [4.78, 5) is -1.00. The Balaban J connectivity index is 3.56. The topological polar surface area (TPSA) is 0 Å². The molecule has 0 aromatic heterocycles. The van der Waals surface area contributed by atoms with Crippen LogP contribution in [0, 0.1) is 29.1 Å². The molecule has 1 aromatic rings. The number of rotatable bonds is 1. The summed E-state index contributed by atoms with van der Waals surface area (Å²) in [5, 5.41) is 0. The molecule has 0 saturated heterocycles. The van der Waals surface area contributed by atoms with Crippen molar-refractivity contribution in [1.82, 2.24) is 0 Å². The van der Waals surface area contributed by atoms with Gasteiger partial charge in [-0.25, -0.2) is 22.0 Å². The van der Waals surface area contributed by atoms with Crippen LogP contribution in [0.1, 0.15) is 0 Å². The van der Waals surface area contributed by atoms with E-state index in [1.165, 1.54) is 0 Å². The summed E-state index contributed by atoms with van der Waals surface area (Å²) in [5.41, 5.74) is 0. The molecule has 0 fully saturated rings. The van der Waals surface area contributed by atoms with Crippen LogP contribution in [0.2, 0.25) is 0 Å². The summed E-state index contributed by atoms with van der Waals surface area (Å²) in [6, 6.07) is 0. The predicted molar refractivity (Wildman–Crippen MR) is 41.1 cm³/mol. The Labute approximate surface area is 78.9 Å². The van der Waals surface area contributed by atoms with Crippen LogP contribution >= 0.6 is 22.5 Å². The average molecular weight is 232 g/mol. The summed E-state index contributed by atoms with van der Waals surface area (Å²) >= 11 is 3.36. The van der Waals surface area contributed by atoms with Gasteiger partial charge in [-0.3, -0.25) is 0 Å². The van der Waals surface area contributed by atoms with Gasteiger partial charge in [0.15, 0.2) is 23.3 Å². The van der Waals surface area contributed by atoms with E-state index < -0.39 is 34.0 Å². The lowest BCUT2D eigenvalue weighted by Gasteiger charge is -2.03. The molecule has 0 N–H and O–H groups in total. The number of halogens is 5. The second-order valence-corrected chi connectivity index (χ2v) is 3.13. The lowest BCUT2D eigenvalue weighted by molar-refractivity contribution is 0.361. The maximum Gasteiger partial charge on any atom is 0.200 e. The van der Waals surface area contributed by atoms with Crippen LogP contribution in [0.4, 0.5) is 22.0 Å². The molecule has 1 aromatic carbocycles. The monoisotopic (exact) mass is 232 g/mol. The Morgan fingerprint density at radius 1 is 0.692 bits per heavy atom. The molecule has 0 heterocycles. The highest BCUT2D eigenvalue weighted by Crippen LogP contribution is 2.32. The van der Waals surface area contributed by atoms with E-state index in [1.54, 1.807) is 0 Å². The molecule has 1 rings (SSSR count). The fraction of sp³-hybridized carbons (Fsp3) is 0. The molecule has 0 saturated carbocycles. The standard InChI is InChI=1S/C6HF5S2/c7-1-2(8)4(10)6(13-12)5(11)3(1)9/h12H. The van der Waals surface area contributed by atoms with Crippen molar-refractivity contribution in [2.45, 2.75) is 4.90 Å². The first kappa shape index (κ1) is 10.6. The zero-order chi connectivity index (χ0) is 10.2. The highest BCUT2D eigenvalue weighted by molar-refractivity contribution is 8.68. The van der Waals surface area contributed by atoms with Crippen LogP contribution in [0.5, 0.6) is 0 Å². The lowest BCUT2D eigenvalue weighted by atomic mass is 10.3. The molecule has 0 aliphatic heterocycles. The third kappa shape index (κ3) is 1.62. The van der Waals surface area contributed by atoms with E-state index in [0.29, 0.717) is 0 Å². The predicted octanol–water partition coefficient (Wildman–Crippen LogP) is 3.32. The second-order valence-electron chi connectivity index (χ2n) is 1.99. The summed E-state index contributed by atoms with van der Waals surface area (Å²) in [7, 11) is 0.157. The highest BCUT2D eigenvalue weighted by atomic mass is 33.1. The van der Waals surface area contributed by atoms with Crippen molar-refractivity contribution in [2.75, 3.05) is 0 Å². The zero-order valence-corrected chi connectivity index (χ0v) is 7.46. The summed E-state index contributed by atoms with van der Waals surface area (Å²) < 4.78 is 62.4. The lowest BCUT2D eigenvalue weighted by Crippen LogP contribution is -2.02. The van der Waals surface area contributed by atoms with Crippen molar-refractivity contribution in [1.29, 1.82) is 0 Å². The molecular formula is C6HF5S2. The van der Waals surface area contributed by atoms with Gasteiger partial charge in [0.05, 0.1) is 4.90 Å². The third-order valence-electron chi connectivity index (χ3n) is 1.26. The number of hydrogen-bond acceptors (Lipinski definition) is 2. The zero-order valence-electron chi connectivity index (χ0n) is 5.75. The van der Waals surface area contributed by atoms with Gasteiger partial charge in [0, 0.05) is 0 Å². The molecule has 0 spiro atoms. The maximum atomic E-state index is 12.6. The maximum absolute atomic E-state index is 12.6. The van der Waals surface area contributed by atoms with Crippen LogP contribution in [0.3, 0.4) is 0 Å². The Bertz CT molecular complexity index is 322. The van der Waals surface area contributed by atoms with E-state index in [9.17, 15) is 22.0 Å². The van der Waals surface area contributed by atoms with E-state index in [0.717, 1.165) is 0 Å².